The molecule has 166 valence electrons. The number of halogens is 3. The molecule has 1 fully saturated rings. The predicted molar refractivity (Wildman–Crippen MR) is 116 cm³/mol. The van der Waals surface area contributed by atoms with E-state index in [1.54, 1.807) is 0 Å². The van der Waals surface area contributed by atoms with Crippen molar-refractivity contribution < 1.29 is 17.9 Å². The number of thiophene rings is 1. The average molecular weight is 469 g/mol. The van der Waals surface area contributed by atoms with Crippen molar-refractivity contribution in [3.8, 4) is 10.7 Å². The number of nitrogens with zero attached hydrogens (tertiary/aromatic N) is 4. The standard InChI is InChI=1S/C21H23F3N4OS2/c22-21(23,24)14-26(12-16-6-2-1-3-7-16)15-28-20(30)27(13-17-8-4-10-29-17)19(25-28)18-9-5-11-31-18/h1-3,5-7,9,11,17H,4,8,10,12-15H2/t17-/m1/s1. The first-order valence-corrected chi connectivity index (χ1v) is 11.3. The van der Waals surface area contributed by atoms with Crippen molar-refractivity contribution in [2.75, 3.05) is 13.2 Å². The lowest BCUT2D eigenvalue weighted by atomic mass is 10.2. The van der Waals surface area contributed by atoms with Crippen LogP contribution in [0.2, 0.25) is 0 Å². The first-order chi connectivity index (χ1) is 14.9. The zero-order chi connectivity index (χ0) is 21.8. The molecule has 3 aromatic rings. The van der Waals surface area contributed by atoms with E-state index in [-0.39, 0.29) is 19.3 Å². The smallest absolute Gasteiger partial charge is 0.376 e. The van der Waals surface area contributed by atoms with Gasteiger partial charge in [0.25, 0.3) is 0 Å². The minimum atomic E-state index is -4.33. The minimum absolute atomic E-state index is 0.0404. The van der Waals surface area contributed by atoms with Crippen molar-refractivity contribution in [2.45, 2.75) is 44.9 Å². The largest absolute Gasteiger partial charge is 0.401 e. The van der Waals surface area contributed by atoms with Gasteiger partial charge in [0, 0.05) is 13.2 Å². The molecule has 0 N–H and O–H groups in total. The molecule has 0 bridgehead atoms. The molecule has 0 aliphatic carbocycles. The third-order valence-electron chi connectivity index (χ3n) is 5.06. The zero-order valence-electron chi connectivity index (χ0n) is 16.8. The maximum Gasteiger partial charge on any atom is 0.401 e. The Morgan fingerprint density at radius 1 is 1.19 bits per heavy atom. The van der Waals surface area contributed by atoms with Gasteiger partial charge in [-0.3, -0.25) is 9.47 Å². The lowest BCUT2D eigenvalue weighted by Crippen LogP contribution is -2.35. The van der Waals surface area contributed by atoms with E-state index >= 15 is 0 Å². The number of alkyl halides is 3. The Bertz CT molecular complexity index is 1030. The van der Waals surface area contributed by atoms with Gasteiger partial charge in [-0.2, -0.15) is 13.2 Å². The first-order valence-electron chi connectivity index (χ1n) is 10.1. The Labute approximate surface area is 187 Å². The maximum absolute atomic E-state index is 13.3. The molecular formula is C21H23F3N4OS2. The third-order valence-corrected chi connectivity index (χ3v) is 6.36. The number of hydrogen-bond donors (Lipinski definition) is 0. The first kappa shape index (κ1) is 22.2. The molecule has 5 nitrogen and oxygen atoms in total. The molecule has 1 saturated heterocycles. The number of ether oxygens (including phenoxy) is 1. The maximum atomic E-state index is 13.3. The van der Waals surface area contributed by atoms with Crippen LogP contribution in [-0.4, -0.2) is 44.7 Å². The molecule has 31 heavy (non-hydrogen) atoms. The highest BCUT2D eigenvalue weighted by atomic mass is 32.1. The summed E-state index contributed by atoms with van der Waals surface area (Å²) in [5.41, 5.74) is 0.801. The van der Waals surface area contributed by atoms with Gasteiger partial charge in [0.05, 0.1) is 30.7 Å². The molecule has 0 saturated carbocycles. The fourth-order valence-electron chi connectivity index (χ4n) is 3.72. The topological polar surface area (TPSA) is 35.2 Å². The van der Waals surface area contributed by atoms with Gasteiger partial charge in [-0.05, 0) is 42.1 Å². The second-order valence-corrected chi connectivity index (χ2v) is 8.87. The fourth-order valence-corrected chi connectivity index (χ4v) is 4.70. The van der Waals surface area contributed by atoms with Crippen molar-refractivity contribution in [1.29, 1.82) is 0 Å². The zero-order valence-corrected chi connectivity index (χ0v) is 18.4. The summed E-state index contributed by atoms with van der Waals surface area (Å²) in [7, 11) is 0. The number of rotatable bonds is 8. The van der Waals surface area contributed by atoms with Gasteiger partial charge in [0.1, 0.15) is 0 Å². The van der Waals surface area contributed by atoms with Crippen LogP contribution < -0.4 is 0 Å². The summed E-state index contributed by atoms with van der Waals surface area (Å²) < 4.78 is 49.4. The van der Waals surface area contributed by atoms with E-state index in [1.165, 1.54) is 20.9 Å². The van der Waals surface area contributed by atoms with E-state index in [4.69, 9.17) is 17.0 Å². The van der Waals surface area contributed by atoms with Crippen LogP contribution in [0.3, 0.4) is 0 Å². The van der Waals surface area contributed by atoms with Crippen molar-refractivity contribution >= 4 is 23.6 Å². The summed E-state index contributed by atoms with van der Waals surface area (Å²) in [6, 6.07) is 13.0. The molecular weight excluding hydrogens is 445 g/mol. The minimum Gasteiger partial charge on any atom is -0.376 e. The normalized spacial score (nSPS) is 17.0. The number of hydrogen-bond acceptors (Lipinski definition) is 5. The summed E-state index contributed by atoms with van der Waals surface area (Å²) in [5.74, 6) is 0.669. The van der Waals surface area contributed by atoms with Crippen molar-refractivity contribution in [2.24, 2.45) is 0 Å². The molecule has 0 unspecified atom stereocenters. The molecule has 0 spiro atoms. The van der Waals surface area contributed by atoms with E-state index < -0.39 is 12.7 Å². The van der Waals surface area contributed by atoms with Crippen LogP contribution in [0.1, 0.15) is 18.4 Å². The van der Waals surface area contributed by atoms with Crippen LogP contribution in [0.5, 0.6) is 0 Å². The highest BCUT2D eigenvalue weighted by molar-refractivity contribution is 7.71. The summed E-state index contributed by atoms with van der Waals surface area (Å²) in [5, 5.41) is 6.57. The summed E-state index contributed by atoms with van der Waals surface area (Å²) in [6.07, 6.45) is -2.35. The van der Waals surface area contributed by atoms with E-state index in [0.29, 0.717) is 17.1 Å². The Hall–Kier alpha value is -2.01. The summed E-state index contributed by atoms with van der Waals surface area (Å²) in [6.45, 7) is 0.316. The van der Waals surface area contributed by atoms with Gasteiger partial charge in [-0.25, -0.2) is 4.68 Å². The molecule has 0 amide bonds. The lowest BCUT2D eigenvalue weighted by molar-refractivity contribution is -0.151. The van der Waals surface area contributed by atoms with Gasteiger partial charge in [0.15, 0.2) is 10.6 Å². The van der Waals surface area contributed by atoms with Crippen LogP contribution in [-0.2, 0) is 24.5 Å². The van der Waals surface area contributed by atoms with Crippen molar-refractivity contribution in [3.63, 3.8) is 0 Å². The highest BCUT2D eigenvalue weighted by Gasteiger charge is 2.31. The molecule has 0 radical (unpaired) electrons. The summed E-state index contributed by atoms with van der Waals surface area (Å²) >= 11 is 7.17. The van der Waals surface area contributed by atoms with Crippen LogP contribution in [0, 0.1) is 4.77 Å². The van der Waals surface area contributed by atoms with Gasteiger partial charge in [-0.15, -0.1) is 16.4 Å². The Morgan fingerprint density at radius 2 is 2.00 bits per heavy atom. The Balaban J connectivity index is 1.63. The average Bonchev–Trinajstić information content (AvgIpc) is 3.46. The van der Waals surface area contributed by atoms with Gasteiger partial charge < -0.3 is 4.74 Å². The Morgan fingerprint density at radius 3 is 2.65 bits per heavy atom. The lowest BCUT2D eigenvalue weighted by Gasteiger charge is -2.23. The van der Waals surface area contributed by atoms with Crippen molar-refractivity contribution in [1.82, 2.24) is 19.2 Å². The molecule has 4 rings (SSSR count). The van der Waals surface area contributed by atoms with Gasteiger partial charge in [-0.1, -0.05) is 36.4 Å². The van der Waals surface area contributed by atoms with Crippen LogP contribution in [0.15, 0.2) is 47.8 Å². The van der Waals surface area contributed by atoms with E-state index in [9.17, 15) is 13.2 Å². The summed E-state index contributed by atoms with van der Waals surface area (Å²) in [4.78, 5) is 2.24. The molecule has 1 atom stereocenters. The predicted octanol–water partition coefficient (Wildman–Crippen LogP) is 5.34. The molecule has 3 heterocycles. The number of aromatic nitrogens is 3. The third kappa shape index (κ3) is 5.82. The Kier molecular flexibility index (Phi) is 6.90. The molecule has 10 heteroatoms. The quantitative estimate of drug-likeness (QED) is 0.418. The second-order valence-electron chi connectivity index (χ2n) is 7.56. The highest BCUT2D eigenvalue weighted by Crippen LogP contribution is 2.26. The molecule has 1 aliphatic rings. The van der Waals surface area contributed by atoms with E-state index in [1.807, 2.05) is 52.4 Å². The van der Waals surface area contributed by atoms with Gasteiger partial charge in [0.2, 0.25) is 0 Å². The van der Waals surface area contributed by atoms with Crippen molar-refractivity contribution in [3.05, 3.63) is 58.2 Å². The van der Waals surface area contributed by atoms with Gasteiger partial charge >= 0.3 is 6.18 Å². The van der Waals surface area contributed by atoms with Crippen LogP contribution in [0.25, 0.3) is 10.7 Å². The molecule has 2 aromatic heterocycles. The van der Waals surface area contributed by atoms with E-state index in [2.05, 4.69) is 5.10 Å². The van der Waals surface area contributed by atoms with Crippen LogP contribution >= 0.6 is 23.6 Å². The van der Waals surface area contributed by atoms with E-state index in [0.717, 1.165) is 29.9 Å². The monoisotopic (exact) mass is 468 g/mol. The SMILES string of the molecule is FC(F)(F)CN(Cc1ccccc1)Cn1nc(-c2cccs2)n(C[C@H]2CCCO2)c1=S. The fraction of sp³-hybridized carbons (Fsp3) is 0.429. The number of benzene rings is 1. The van der Waals surface area contributed by atoms with Crippen LogP contribution in [0.4, 0.5) is 13.2 Å². The second kappa shape index (κ2) is 9.64. The molecule has 1 aromatic carbocycles. The molecule has 1 aliphatic heterocycles.